The summed E-state index contributed by atoms with van der Waals surface area (Å²) in [5.41, 5.74) is 19.4. The van der Waals surface area contributed by atoms with Crippen molar-refractivity contribution in [1.82, 2.24) is 4.57 Å². The van der Waals surface area contributed by atoms with Crippen molar-refractivity contribution in [3.8, 4) is 50.2 Å². The van der Waals surface area contributed by atoms with Gasteiger partial charge >= 0.3 is 0 Å². The molecule has 0 bridgehead atoms. The zero-order valence-corrected chi connectivity index (χ0v) is 33.2. The lowest BCUT2D eigenvalue weighted by Crippen LogP contribution is -2.16. The van der Waals surface area contributed by atoms with Crippen LogP contribution < -0.4 is 4.90 Å². The SMILES string of the molecule is CC1(C)c2ccccc2-c2ccc(N(c3ccc(-c4cccc(-c5cccc(-n6c7ccccc7c7ccccc76)c5)c4)cc3)c3cccc(-c4ccccc4)c3)cc21. The molecule has 0 aliphatic heterocycles. The molecule has 1 aromatic heterocycles. The van der Waals surface area contributed by atoms with Crippen LogP contribution in [0.15, 0.2) is 218 Å². The maximum Gasteiger partial charge on any atom is 0.0541 e. The Balaban J connectivity index is 0.971. The van der Waals surface area contributed by atoms with Crippen molar-refractivity contribution in [1.29, 1.82) is 0 Å². The quantitative estimate of drug-likeness (QED) is 0.157. The highest BCUT2D eigenvalue weighted by atomic mass is 15.1. The average Bonchev–Trinajstić information content (AvgIpc) is 3.75. The first-order valence-corrected chi connectivity index (χ1v) is 20.5. The monoisotopic (exact) mass is 754 g/mol. The molecule has 280 valence electrons. The minimum atomic E-state index is -0.0999. The average molecular weight is 755 g/mol. The van der Waals surface area contributed by atoms with E-state index >= 15 is 0 Å². The second-order valence-corrected chi connectivity index (χ2v) is 16.2. The maximum atomic E-state index is 2.41. The Morgan fingerprint density at radius 2 is 0.847 bits per heavy atom. The van der Waals surface area contributed by atoms with Crippen LogP contribution in [0.4, 0.5) is 17.1 Å². The number of rotatable bonds is 7. The molecule has 11 rings (SSSR count). The van der Waals surface area contributed by atoms with Crippen molar-refractivity contribution in [2.75, 3.05) is 4.90 Å². The first-order valence-electron chi connectivity index (χ1n) is 20.5. The molecule has 0 unspecified atom stereocenters. The van der Waals surface area contributed by atoms with Crippen molar-refractivity contribution in [2.45, 2.75) is 19.3 Å². The summed E-state index contributed by atoms with van der Waals surface area (Å²) in [6.07, 6.45) is 0. The Kier molecular flexibility index (Phi) is 8.20. The Hall–Kier alpha value is -7.42. The van der Waals surface area contributed by atoms with Crippen LogP contribution in [0, 0.1) is 0 Å². The molecule has 0 saturated heterocycles. The van der Waals surface area contributed by atoms with Crippen LogP contribution >= 0.6 is 0 Å². The zero-order valence-electron chi connectivity index (χ0n) is 33.2. The molecule has 0 saturated carbocycles. The molecule has 0 amide bonds. The fourth-order valence-corrected chi connectivity index (χ4v) is 9.44. The van der Waals surface area contributed by atoms with Crippen molar-refractivity contribution in [3.63, 3.8) is 0 Å². The van der Waals surface area contributed by atoms with E-state index in [1.54, 1.807) is 0 Å². The van der Waals surface area contributed by atoms with Crippen LogP contribution in [0.5, 0.6) is 0 Å². The smallest absolute Gasteiger partial charge is 0.0541 e. The topological polar surface area (TPSA) is 8.17 Å². The highest BCUT2D eigenvalue weighted by Gasteiger charge is 2.35. The van der Waals surface area contributed by atoms with Gasteiger partial charge in [-0.15, -0.1) is 0 Å². The van der Waals surface area contributed by atoms with E-state index in [9.17, 15) is 0 Å². The normalized spacial score (nSPS) is 12.7. The minimum Gasteiger partial charge on any atom is -0.310 e. The van der Waals surface area contributed by atoms with Crippen LogP contribution in [0.2, 0.25) is 0 Å². The summed E-state index contributed by atoms with van der Waals surface area (Å²) in [6, 6.07) is 79.8. The maximum absolute atomic E-state index is 2.41. The van der Waals surface area contributed by atoms with Gasteiger partial charge in [0.25, 0.3) is 0 Å². The molecular formula is C57H42N2. The van der Waals surface area contributed by atoms with Crippen LogP contribution in [0.3, 0.4) is 0 Å². The molecule has 1 aliphatic rings. The van der Waals surface area contributed by atoms with Gasteiger partial charge in [-0.2, -0.15) is 0 Å². The summed E-state index contributed by atoms with van der Waals surface area (Å²) in [5.74, 6) is 0. The van der Waals surface area contributed by atoms with Gasteiger partial charge in [0.05, 0.1) is 11.0 Å². The summed E-state index contributed by atoms with van der Waals surface area (Å²) in [5, 5.41) is 2.54. The van der Waals surface area contributed by atoms with E-state index in [-0.39, 0.29) is 5.41 Å². The van der Waals surface area contributed by atoms with Crippen molar-refractivity contribution in [2.24, 2.45) is 0 Å². The summed E-state index contributed by atoms with van der Waals surface area (Å²) >= 11 is 0. The number of nitrogens with zero attached hydrogens (tertiary/aromatic N) is 2. The highest BCUT2D eigenvalue weighted by molar-refractivity contribution is 6.09. The Morgan fingerprint density at radius 1 is 0.339 bits per heavy atom. The Labute approximate surface area is 345 Å². The molecule has 2 heteroatoms. The van der Waals surface area contributed by atoms with Crippen molar-refractivity contribution in [3.05, 3.63) is 230 Å². The van der Waals surface area contributed by atoms with Gasteiger partial charge in [0.15, 0.2) is 0 Å². The van der Waals surface area contributed by atoms with E-state index in [4.69, 9.17) is 0 Å². The third kappa shape index (κ3) is 5.87. The van der Waals surface area contributed by atoms with E-state index < -0.39 is 0 Å². The first kappa shape index (κ1) is 34.8. The van der Waals surface area contributed by atoms with E-state index in [2.05, 4.69) is 242 Å². The molecule has 1 aliphatic carbocycles. The van der Waals surface area contributed by atoms with Gasteiger partial charge in [0.2, 0.25) is 0 Å². The molecule has 0 N–H and O–H groups in total. The van der Waals surface area contributed by atoms with Crippen LogP contribution in [0.25, 0.3) is 72.0 Å². The third-order valence-electron chi connectivity index (χ3n) is 12.4. The number of fused-ring (bicyclic) bond motifs is 6. The molecule has 0 atom stereocenters. The lowest BCUT2D eigenvalue weighted by atomic mass is 9.82. The number of aromatic nitrogens is 1. The fraction of sp³-hybridized carbons (Fsp3) is 0.0526. The largest absolute Gasteiger partial charge is 0.310 e. The molecule has 9 aromatic carbocycles. The predicted octanol–water partition coefficient (Wildman–Crippen LogP) is 15.6. The van der Waals surface area contributed by atoms with E-state index in [0.29, 0.717) is 0 Å². The predicted molar refractivity (Wildman–Crippen MR) is 249 cm³/mol. The standard InChI is InChI=1S/C57H42N2/c1-57(2)53-26-9-6-23-49(53)50-34-33-48(38-54(50)57)58(46-21-13-19-43(36-46)39-15-4-3-5-16-39)45-31-29-40(30-32-45)41-17-12-18-42(35-41)44-20-14-22-47(37-44)59-55-27-10-7-24-51(55)52-25-8-11-28-56(52)59/h3-38H,1-2H3. The van der Waals surface area contributed by atoms with Gasteiger partial charge in [-0.25, -0.2) is 0 Å². The van der Waals surface area contributed by atoms with Gasteiger partial charge in [-0.1, -0.05) is 166 Å². The first-order chi connectivity index (χ1) is 29.0. The lowest BCUT2D eigenvalue weighted by Gasteiger charge is -2.28. The summed E-state index contributed by atoms with van der Waals surface area (Å²) in [6.45, 7) is 4.71. The third-order valence-corrected chi connectivity index (χ3v) is 12.4. The molecule has 2 nitrogen and oxygen atoms in total. The van der Waals surface area contributed by atoms with Gasteiger partial charge in [-0.3, -0.25) is 0 Å². The summed E-state index contributed by atoms with van der Waals surface area (Å²) < 4.78 is 2.39. The van der Waals surface area contributed by atoms with Crippen LogP contribution in [-0.4, -0.2) is 4.57 Å². The zero-order chi connectivity index (χ0) is 39.5. The number of hydrogen-bond donors (Lipinski definition) is 0. The minimum absolute atomic E-state index is 0.0999. The molecule has 0 spiro atoms. The Morgan fingerprint density at radius 3 is 1.59 bits per heavy atom. The molecule has 59 heavy (non-hydrogen) atoms. The lowest BCUT2D eigenvalue weighted by molar-refractivity contribution is 0.660. The number of benzene rings is 9. The second-order valence-electron chi connectivity index (χ2n) is 16.2. The summed E-state index contributed by atoms with van der Waals surface area (Å²) in [7, 11) is 0. The van der Waals surface area contributed by atoms with Crippen molar-refractivity contribution < 1.29 is 0 Å². The Bertz CT molecular complexity index is 3130. The fourth-order valence-electron chi connectivity index (χ4n) is 9.44. The van der Waals surface area contributed by atoms with Gasteiger partial charge < -0.3 is 9.47 Å². The molecule has 1 heterocycles. The van der Waals surface area contributed by atoms with E-state index in [1.807, 2.05) is 0 Å². The van der Waals surface area contributed by atoms with Gasteiger partial charge in [-0.05, 0) is 122 Å². The highest BCUT2D eigenvalue weighted by Crippen LogP contribution is 2.51. The molecule has 0 fully saturated rings. The van der Waals surface area contributed by atoms with Gasteiger partial charge in [0, 0.05) is 38.9 Å². The van der Waals surface area contributed by atoms with Crippen molar-refractivity contribution >= 4 is 38.9 Å². The van der Waals surface area contributed by atoms with Crippen LogP contribution in [0.1, 0.15) is 25.0 Å². The van der Waals surface area contributed by atoms with E-state index in [0.717, 1.165) is 22.7 Å². The number of anilines is 3. The summed E-state index contributed by atoms with van der Waals surface area (Å²) in [4.78, 5) is 2.41. The van der Waals surface area contributed by atoms with E-state index in [1.165, 1.54) is 77.4 Å². The second kappa shape index (κ2) is 13.9. The molecule has 0 radical (unpaired) electrons. The number of para-hydroxylation sites is 2. The van der Waals surface area contributed by atoms with Gasteiger partial charge in [0.1, 0.15) is 0 Å². The number of hydrogen-bond acceptors (Lipinski definition) is 1. The van der Waals surface area contributed by atoms with Crippen LogP contribution in [-0.2, 0) is 5.41 Å². The molecule has 10 aromatic rings. The molecular weight excluding hydrogens is 713 g/mol.